The maximum absolute atomic E-state index is 13.8. The van der Waals surface area contributed by atoms with E-state index in [0.29, 0.717) is 40.6 Å². The molecule has 3 heterocycles. The van der Waals surface area contributed by atoms with Gasteiger partial charge in [0.1, 0.15) is 11.5 Å². The van der Waals surface area contributed by atoms with Crippen molar-refractivity contribution in [2.24, 2.45) is 0 Å². The maximum Gasteiger partial charge on any atom is 0.259 e. The fourth-order valence-corrected chi connectivity index (χ4v) is 4.38. The van der Waals surface area contributed by atoms with Gasteiger partial charge in [-0.15, -0.1) is 0 Å². The standard InChI is InChI=1S/C27H23N5O2/c1-16-19-10-6-7-11-21(19)29-23(28-16)15-32(2)27(33)20-14-22(17-12-13-17)30-26-24(20)25(31-34-26)18-8-4-3-5-9-18/h3-11,14,17H,12-13,15H2,1-2H3. The second-order valence-corrected chi connectivity index (χ2v) is 8.85. The number of fused-ring (bicyclic) bond motifs is 2. The van der Waals surface area contributed by atoms with Gasteiger partial charge in [0, 0.05) is 35.3 Å². The van der Waals surface area contributed by atoms with Crippen molar-refractivity contribution in [1.29, 1.82) is 0 Å². The van der Waals surface area contributed by atoms with E-state index in [-0.39, 0.29) is 5.91 Å². The molecule has 0 N–H and O–H groups in total. The first-order valence-electron chi connectivity index (χ1n) is 11.4. The van der Waals surface area contributed by atoms with Crippen LogP contribution in [0.15, 0.2) is 65.2 Å². The molecule has 7 nitrogen and oxygen atoms in total. The summed E-state index contributed by atoms with van der Waals surface area (Å²) in [6.45, 7) is 2.26. The highest BCUT2D eigenvalue weighted by Gasteiger charge is 2.30. The Bertz CT molecular complexity index is 1540. The molecule has 0 radical (unpaired) electrons. The summed E-state index contributed by atoms with van der Waals surface area (Å²) in [5.41, 5.74) is 5.11. The summed E-state index contributed by atoms with van der Waals surface area (Å²) in [7, 11) is 1.77. The van der Waals surface area contributed by atoms with Crippen molar-refractivity contribution >= 4 is 27.9 Å². The Morgan fingerprint density at radius 3 is 2.59 bits per heavy atom. The minimum atomic E-state index is -0.135. The Labute approximate surface area is 196 Å². The summed E-state index contributed by atoms with van der Waals surface area (Å²) in [5, 5.41) is 5.94. The number of para-hydroxylation sites is 1. The zero-order valence-electron chi connectivity index (χ0n) is 19.0. The van der Waals surface area contributed by atoms with Crippen molar-refractivity contribution < 1.29 is 9.32 Å². The lowest BCUT2D eigenvalue weighted by atomic mass is 10.0. The summed E-state index contributed by atoms with van der Waals surface area (Å²) in [4.78, 5) is 29.4. The summed E-state index contributed by atoms with van der Waals surface area (Å²) in [6, 6.07) is 19.5. The second-order valence-electron chi connectivity index (χ2n) is 8.85. The SMILES string of the molecule is Cc1nc(CN(C)C(=O)c2cc(C3CC3)nc3onc(-c4ccccc4)c23)nc2ccccc12. The molecule has 34 heavy (non-hydrogen) atoms. The highest BCUT2D eigenvalue weighted by molar-refractivity contribution is 6.09. The number of hydrogen-bond acceptors (Lipinski definition) is 6. The van der Waals surface area contributed by atoms with Crippen LogP contribution in [0, 0.1) is 6.92 Å². The van der Waals surface area contributed by atoms with Crippen LogP contribution < -0.4 is 0 Å². The molecule has 168 valence electrons. The summed E-state index contributed by atoms with van der Waals surface area (Å²) >= 11 is 0. The lowest BCUT2D eigenvalue weighted by molar-refractivity contribution is 0.0783. The van der Waals surface area contributed by atoms with E-state index in [1.807, 2.05) is 67.6 Å². The van der Waals surface area contributed by atoms with E-state index in [2.05, 4.69) is 15.1 Å². The van der Waals surface area contributed by atoms with Gasteiger partial charge in [-0.3, -0.25) is 4.79 Å². The number of amides is 1. The fraction of sp³-hybridized carbons (Fsp3) is 0.222. The van der Waals surface area contributed by atoms with Crippen LogP contribution in [0.2, 0.25) is 0 Å². The van der Waals surface area contributed by atoms with Gasteiger partial charge in [0.25, 0.3) is 11.6 Å². The summed E-state index contributed by atoms with van der Waals surface area (Å²) in [5.74, 6) is 0.843. The van der Waals surface area contributed by atoms with E-state index in [4.69, 9.17) is 9.51 Å². The molecule has 1 saturated carbocycles. The highest BCUT2D eigenvalue weighted by Crippen LogP contribution is 2.41. The van der Waals surface area contributed by atoms with E-state index in [9.17, 15) is 4.79 Å². The number of pyridine rings is 1. The molecule has 1 aliphatic rings. The van der Waals surface area contributed by atoms with Crippen LogP contribution in [0.25, 0.3) is 33.3 Å². The number of rotatable bonds is 5. The van der Waals surface area contributed by atoms with Crippen LogP contribution >= 0.6 is 0 Å². The van der Waals surface area contributed by atoms with Crippen molar-refractivity contribution in [3.8, 4) is 11.3 Å². The van der Waals surface area contributed by atoms with Gasteiger partial charge in [-0.1, -0.05) is 53.7 Å². The molecule has 0 aliphatic heterocycles. The monoisotopic (exact) mass is 449 g/mol. The number of carbonyl (C=O) groups is 1. The highest BCUT2D eigenvalue weighted by atomic mass is 16.5. The van der Waals surface area contributed by atoms with E-state index in [1.165, 1.54) is 0 Å². The van der Waals surface area contributed by atoms with Crippen molar-refractivity contribution in [3.05, 3.63) is 83.4 Å². The van der Waals surface area contributed by atoms with Crippen molar-refractivity contribution in [1.82, 2.24) is 25.0 Å². The predicted octanol–water partition coefficient (Wildman–Crippen LogP) is 5.29. The molecule has 5 aromatic rings. The third-order valence-corrected chi connectivity index (χ3v) is 6.30. The Hall–Kier alpha value is -4.13. The molecule has 1 aliphatic carbocycles. The molecule has 0 atom stereocenters. The van der Waals surface area contributed by atoms with Crippen LogP contribution in [0.5, 0.6) is 0 Å². The molecule has 6 rings (SSSR count). The minimum absolute atomic E-state index is 0.135. The van der Waals surface area contributed by atoms with E-state index in [0.717, 1.165) is 40.7 Å². The third-order valence-electron chi connectivity index (χ3n) is 6.30. The van der Waals surface area contributed by atoms with Gasteiger partial charge in [-0.2, -0.15) is 0 Å². The molecule has 1 fully saturated rings. The maximum atomic E-state index is 13.8. The number of aromatic nitrogens is 4. The zero-order valence-corrected chi connectivity index (χ0v) is 19.0. The molecule has 2 aromatic carbocycles. The van der Waals surface area contributed by atoms with Crippen LogP contribution in [-0.2, 0) is 6.54 Å². The number of nitrogens with zero attached hydrogens (tertiary/aromatic N) is 5. The van der Waals surface area contributed by atoms with E-state index in [1.54, 1.807) is 11.9 Å². The normalized spacial score (nSPS) is 13.5. The molecule has 7 heteroatoms. The van der Waals surface area contributed by atoms with Gasteiger partial charge in [0.2, 0.25) is 0 Å². The molecule has 0 bridgehead atoms. The van der Waals surface area contributed by atoms with Crippen molar-refractivity contribution in [2.75, 3.05) is 7.05 Å². The number of aryl methyl sites for hydroxylation is 1. The molecule has 0 saturated heterocycles. The number of hydrogen-bond donors (Lipinski definition) is 0. The molecular formula is C27H23N5O2. The Morgan fingerprint density at radius 2 is 1.79 bits per heavy atom. The smallest absolute Gasteiger partial charge is 0.259 e. The first kappa shape index (κ1) is 20.5. The van der Waals surface area contributed by atoms with Gasteiger partial charge >= 0.3 is 0 Å². The zero-order chi connectivity index (χ0) is 23.2. The minimum Gasteiger partial charge on any atom is -0.335 e. The van der Waals surface area contributed by atoms with Crippen LogP contribution in [0.3, 0.4) is 0 Å². The van der Waals surface area contributed by atoms with Gasteiger partial charge in [-0.05, 0) is 31.9 Å². The second kappa shape index (κ2) is 8.02. The average molecular weight is 450 g/mol. The quantitative estimate of drug-likeness (QED) is 0.362. The van der Waals surface area contributed by atoms with E-state index < -0.39 is 0 Å². The summed E-state index contributed by atoms with van der Waals surface area (Å²) in [6.07, 6.45) is 2.15. The molecule has 0 spiro atoms. The van der Waals surface area contributed by atoms with Gasteiger partial charge in [0.05, 0.1) is 23.0 Å². The van der Waals surface area contributed by atoms with Crippen LogP contribution in [-0.4, -0.2) is 38.0 Å². The number of carbonyl (C=O) groups excluding carboxylic acids is 1. The Kier molecular flexibility index (Phi) is 4.83. The van der Waals surface area contributed by atoms with Crippen LogP contribution in [0.4, 0.5) is 0 Å². The first-order valence-corrected chi connectivity index (χ1v) is 11.4. The first-order chi connectivity index (χ1) is 16.6. The third kappa shape index (κ3) is 3.59. The predicted molar refractivity (Wildman–Crippen MR) is 129 cm³/mol. The van der Waals surface area contributed by atoms with Crippen LogP contribution in [0.1, 0.15) is 46.3 Å². The fourth-order valence-electron chi connectivity index (χ4n) is 4.38. The summed E-state index contributed by atoms with van der Waals surface area (Å²) < 4.78 is 5.62. The number of benzene rings is 2. The van der Waals surface area contributed by atoms with Gasteiger partial charge < -0.3 is 9.42 Å². The largest absolute Gasteiger partial charge is 0.335 e. The molecule has 1 amide bonds. The van der Waals surface area contributed by atoms with Gasteiger partial charge in [-0.25, -0.2) is 15.0 Å². The van der Waals surface area contributed by atoms with Crippen molar-refractivity contribution in [2.45, 2.75) is 32.2 Å². The average Bonchev–Trinajstić information content (AvgIpc) is 3.62. The lowest BCUT2D eigenvalue weighted by Crippen LogP contribution is -2.27. The topological polar surface area (TPSA) is 85.0 Å². The van der Waals surface area contributed by atoms with Crippen molar-refractivity contribution in [3.63, 3.8) is 0 Å². The molecular weight excluding hydrogens is 426 g/mol. The molecule has 3 aromatic heterocycles. The lowest BCUT2D eigenvalue weighted by Gasteiger charge is -2.18. The Balaban J connectivity index is 1.41. The molecule has 0 unspecified atom stereocenters. The van der Waals surface area contributed by atoms with Gasteiger partial charge in [0.15, 0.2) is 0 Å². The Morgan fingerprint density at radius 1 is 1.03 bits per heavy atom. The van der Waals surface area contributed by atoms with E-state index >= 15 is 0 Å².